The molecule has 0 spiro atoms. The molecule has 0 bridgehead atoms. The van der Waals surface area contributed by atoms with Crippen LogP contribution in [0.15, 0.2) is 24.3 Å². The number of methoxy groups -OCH3 is 1. The number of hydrogen-bond donors (Lipinski definition) is 2. The molecule has 1 heterocycles. The van der Waals surface area contributed by atoms with Gasteiger partial charge in [-0.05, 0) is 36.1 Å². The Bertz CT molecular complexity index is 578. The van der Waals surface area contributed by atoms with Gasteiger partial charge in [0.05, 0.1) is 7.11 Å². The van der Waals surface area contributed by atoms with Gasteiger partial charge in [0.2, 0.25) is 5.91 Å². The van der Waals surface area contributed by atoms with Crippen LogP contribution in [-0.4, -0.2) is 19.1 Å². The summed E-state index contributed by atoms with van der Waals surface area (Å²) in [6.07, 6.45) is 3.56. The Morgan fingerprint density at radius 3 is 2.73 bits per heavy atom. The Morgan fingerprint density at radius 1 is 1.45 bits per heavy atom. The van der Waals surface area contributed by atoms with Crippen LogP contribution in [0.25, 0.3) is 5.57 Å². The number of primary amides is 1. The summed E-state index contributed by atoms with van der Waals surface area (Å²) in [7, 11) is 1.68. The number of benzene rings is 1. The number of fused-ring (bicyclic) bond motifs is 1. The summed E-state index contributed by atoms with van der Waals surface area (Å²) in [5.74, 6) is 1.25. The normalized spacial score (nSPS) is 22.3. The molecule has 0 radical (unpaired) electrons. The SMILES string of the molecule is CC/C=C1\c2cc(OC)ccc2NC(CC(N)=O)C1C(C)C. The summed E-state index contributed by atoms with van der Waals surface area (Å²) < 4.78 is 5.36. The summed E-state index contributed by atoms with van der Waals surface area (Å²) in [5.41, 5.74) is 8.95. The number of allylic oxidation sites excluding steroid dienone is 1. The van der Waals surface area contributed by atoms with Gasteiger partial charge in [-0.2, -0.15) is 0 Å². The molecule has 1 aliphatic rings. The number of carbonyl (C=O) groups excluding carboxylic acids is 1. The molecular weight excluding hydrogens is 276 g/mol. The second kappa shape index (κ2) is 6.86. The first-order chi connectivity index (χ1) is 10.5. The van der Waals surface area contributed by atoms with Gasteiger partial charge in [0.1, 0.15) is 5.75 Å². The molecule has 120 valence electrons. The van der Waals surface area contributed by atoms with E-state index in [9.17, 15) is 4.79 Å². The third-order valence-corrected chi connectivity index (χ3v) is 4.23. The van der Waals surface area contributed by atoms with Crippen LogP contribution < -0.4 is 15.8 Å². The van der Waals surface area contributed by atoms with E-state index in [1.54, 1.807) is 7.11 Å². The van der Waals surface area contributed by atoms with E-state index in [4.69, 9.17) is 10.5 Å². The van der Waals surface area contributed by atoms with E-state index >= 15 is 0 Å². The van der Waals surface area contributed by atoms with Gasteiger partial charge in [0, 0.05) is 29.6 Å². The Labute approximate surface area is 132 Å². The first kappa shape index (κ1) is 16.4. The summed E-state index contributed by atoms with van der Waals surface area (Å²) in [4.78, 5) is 11.5. The predicted molar refractivity (Wildman–Crippen MR) is 90.8 cm³/mol. The Morgan fingerprint density at radius 2 is 2.18 bits per heavy atom. The molecule has 1 aliphatic heterocycles. The number of ether oxygens (including phenoxy) is 1. The number of rotatable bonds is 5. The van der Waals surface area contributed by atoms with Crippen molar-refractivity contribution in [3.05, 3.63) is 29.8 Å². The van der Waals surface area contributed by atoms with Gasteiger partial charge in [-0.15, -0.1) is 0 Å². The molecule has 2 unspecified atom stereocenters. The molecule has 1 aromatic carbocycles. The van der Waals surface area contributed by atoms with Gasteiger partial charge in [-0.1, -0.05) is 26.8 Å². The lowest BCUT2D eigenvalue weighted by Gasteiger charge is -2.39. The molecule has 0 aromatic heterocycles. The largest absolute Gasteiger partial charge is 0.497 e. The fourth-order valence-electron chi connectivity index (χ4n) is 3.39. The van der Waals surface area contributed by atoms with Gasteiger partial charge in [0.15, 0.2) is 0 Å². The Kier molecular flexibility index (Phi) is 5.11. The van der Waals surface area contributed by atoms with Crippen LogP contribution in [0.5, 0.6) is 5.75 Å². The lowest BCUT2D eigenvalue weighted by molar-refractivity contribution is -0.118. The molecule has 3 N–H and O–H groups in total. The van der Waals surface area contributed by atoms with Crippen LogP contribution in [0.2, 0.25) is 0 Å². The molecule has 0 saturated heterocycles. The molecule has 2 rings (SSSR count). The molecule has 0 saturated carbocycles. The Balaban J connectivity index is 2.53. The smallest absolute Gasteiger partial charge is 0.219 e. The summed E-state index contributed by atoms with van der Waals surface area (Å²) in [5, 5.41) is 3.50. The second-order valence-corrected chi connectivity index (χ2v) is 6.17. The zero-order valence-electron chi connectivity index (χ0n) is 13.8. The van der Waals surface area contributed by atoms with Crippen molar-refractivity contribution in [2.75, 3.05) is 12.4 Å². The van der Waals surface area contributed by atoms with E-state index in [1.807, 2.05) is 12.1 Å². The van der Waals surface area contributed by atoms with Crippen LogP contribution in [0.3, 0.4) is 0 Å². The molecule has 22 heavy (non-hydrogen) atoms. The number of nitrogens with one attached hydrogen (secondary N) is 1. The lowest BCUT2D eigenvalue weighted by atomic mass is 9.74. The standard InChI is InChI=1S/C18H26N2O2/c1-5-6-13-14-9-12(22-4)7-8-15(14)20-16(10-17(19)21)18(13)11(2)3/h6-9,11,16,18,20H,5,10H2,1-4H3,(H2,19,21)/b13-6+. The van der Waals surface area contributed by atoms with Crippen LogP contribution in [-0.2, 0) is 4.79 Å². The van der Waals surface area contributed by atoms with Crippen LogP contribution in [0.1, 0.15) is 39.2 Å². The fraction of sp³-hybridized carbons (Fsp3) is 0.500. The third-order valence-electron chi connectivity index (χ3n) is 4.23. The van der Waals surface area contributed by atoms with E-state index in [0.29, 0.717) is 12.3 Å². The zero-order chi connectivity index (χ0) is 16.3. The minimum absolute atomic E-state index is 0.0381. The number of hydrogen-bond acceptors (Lipinski definition) is 3. The van der Waals surface area contributed by atoms with E-state index in [2.05, 4.69) is 38.2 Å². The summed E-state index contributed by atoms with van der Waals surface area (Å²) >= 11 is 0. The van der Waals surface area contributed by atoms with Crippen LogP contribution in [0, 0.1) is 11.8 Å². The number of nitrogens with two attached hydrogens (primary N) is 1. The van der Waals surface area contributed by atoms with Gasteiger partial charge in [-0.3, -0.25) is 4.79 Å². The van der Waals surface area contributed by atoms with Gasteiger partial charge < -0.3 is 15.8 Å². The highest BCUT2D eigenvalue weighted by Gasteiger charge is 2.35. The summed E-state index contributed by atoms with van der Waals surface area (Å²) in [6.45, 7) is 6.51. The predicted octanol–water partition coefficient (Wildman–Crippen LogP) is 3.43. The second-order valence-electron chi connectivity index (χ2n) is 6.17. The van der Waals surface area contributed by atoms with Crippen molar-refractivity contribution in [1.82, 2.24) is 0 Å². The monoisotopic (exact) mass is 302 g/mol. The maximum absolute atomic E-state index is 11.5. The van der Waals surface area contributed by atoms with E-state index in [0.717, 1.165) is 17.9 Å². The van der Waals surface area contributed by atoms with E-state index < -0.39 is 0 Å². The van der Waals surface area contributed by atoms with Crippen molar-refractivity contribution in [2.24, 2.45) is 17.6 Å². The van der Waals surface area contributed by atoms with Crippen molar-refractivity contribution in [3.8, 4) is 5.75 Å². The van der Waals surface area contributed by atoms with Crippen molar-refractivity contribution in [2.45, 2.75) is 39.7 Å². The Hall–Kier alpha value is -1.97. The molecule has 2 atom stereocenters. The zero-order valence-corrected chi connectivity index (χ0v) is 13.8. The van der Waals surface area contributed by atoms with Crippen molar-refractivity contribution < 1.29 is 9.53 Å². The van der Waals surface area contributed by atoms with Gasteiger partial charge in [0.25, 0.3) is 0 Å². The molecule has 0 fully saturated rings. The molecular formula is C18H26N2O2. The number of amides is 1. The van der Waals surface area contributed by atoms with E-state index in [1.165, 1.54) is 11.1 Å². The van der Waals surface area contributed by atoms with Crippen molar-refractivity contribution in [1.29, 1.82) is 0 Å². The highest BCUT2D eigenvalue weighted by molar-refractivity contribution is 5.84. The first-order valence-electron chi connectivity index (χ1n) is 7.91. The molecule has 4 nitrogen and oxygen atoms in total. The van der Waals surface area contributed by atoms with Crippen LogP contribution >= 0.6 is 0 Å². The van der Waals surface area contributed by atoms with E-state index in [-0.39, 0.29) is 17.9 Å². The van der Waals surface area contributed by atoms with Crippen molar-refractivity contribution in [3.63, 3.8) is 0 Å². The lowest BCUT2D eigenvalue weighted by Crippen LogP contribution is -2.40. The number of carbonyl (C=O) groups is 1. The minimum Gasteiger partial charge on any atom is -0.497 e. The highest BCUT2D eigenvalue weighted by atomic mass is 16.5. The average molecular weight is 302 g/mol. The molecule has 4 heteroatoms. The maximum atomic E-state index is 11.5. The fourth-order valence-corrected chi connectivity index (χ4v) is 3.39. The van der Waals surface area contributed by atoms with Crippen molar-refractivity contribution >= 4 is 17.2 Å². The van der Waals surface area contributed by atoms with Crippen LogP contribution in [0.4, 0.5) is 5.69 Å². The molecule has 1 aromatic rings. The summed E-state index contributed by atoms with van der Waals surface area (Å²) in [6, 6.07) is 6.06. The quantitative estimate of drug-likeness (QED) is 0.876. The number of anilines is 1. The molecule has 0 aliphatic carbocycles. The molecule has 1 amide bonds. The van der Waals surface area contributed by atoms with Gasteiger partial charge in [-0.25, -0.2) is 0 Å². The first-order valence-corrected chi connectivity index (χ1v) is 7.91. The maximum Gasteiger partial charge on any atom is 0.219 e. The minimum atomic E-state index is -0.268. The average Bonchev–Trinajstić information content (AvgIpc) is 2.46. The highest BCUT2D eigenvalue weighted by Crippen LogP contribution is 2.43. The third kappa shape index (κ3) is 3.26. The van der Waals surface area contributed by atoms with Gasteiger partial charge >= 0.3 is 0 Å². The topological polar surface area (TPSA) is 64.3 Å².